The average molecular weight is 667 g/mol. The summed E-state index contributed by atoms with van der Waals surface area (Å²) in [4.78, 5) is 2.35. The molecule has 8 aromatic carbocycles. The maximum absolute atomic E-state index is 6.44. The predicted molar refractivity (Wildman–Crippen MR) is 215 cm³/mol. The number of hydrogen-bond acceptors (Lipinski definition) is 3. The van der Waals surface area contributed by atoms with Crippen molar-refractivity contribution in [2.45, 2.75) is 0 Å². The normalized spacial score (nSPS) is 11.8. The molecule has 0 fully saturated rings. The Hall–Kier alpha value is -7.04. The van der Waals surface area contributed by atoms with E-state index in [2.05, 4.69) is 167 Å². The first kappa shape index (κ1) is 28.8. The summed E-state index contributed by atoms with van der Waals surface area (Å²) in [6, 6.07) is 64.3. The summed E-state index contributed by atoms with van der Waals surface area (Å²) < 4.78 is 15.2. The van der Waals surface area contributed by atoms with Gasteiger partial charge in [-0.3, -0.25) is 0 Å². The van der Waals surface area contributed by atoms with Crippen LogP contribution in [0.3, 0.4) is 0 Å². The van der Waals surface area contributed by atoms with Gasteiger partial charge in [0.15, 0.2) is 0 Å². The van der Waals surface area contributed by atoms with E-state index in [0.717, 1.165) is 77.7 Å². The predicted octanol–water partition coefficient (Wildman–Crippen LogP) is 13.7. The third-order valence-electron chi connectivity index (χ3n) is 10.4. The Morgan fingerprint density at radius 1 is 0.365 bits per heavy atom. The highest BCUT2D eigenvalue weighted by Crippen LogP contribution is 2.46. The van der Waals surface area contributed by atoms with Gasteiger partial charge in [-0.05, 0) is 90.0 Å². The molecule has 0 unspecified atom stereocenters. The Morgan fingerprint density at radius 2 is 0.962 bits per heavy atom. The standard InChI is InChI=1S/C48H30N2O2/c1-3-12-31(13-4-1)32-22-26-41-39(28-32)40-29-34(24-27-42(40)50(41)33-14-5-2-6-15-33)49(35-23-25-37-36-16-7-9-19-44(36)52-47(37)30-35)43-18-11-21-46-48(43)38-17-8-10-20-45(38)51-46/h1-30H. The Balaban J connectivity index is 1.21. The molecule has 0 spiro atoms. The zero-order chi connectivity index (χ0) is 34.2. The molecule has 0 aliphatic rings. The van der Waals surface area contributed by atoms with Crippen molar-refractivity contribution in [3.05, 3.63) is 182 Å². The number of anilines is 3. The molecule has 244 valence electrons. The Kier molecular flexibility index (Phi) is 6.22. The highest BCUT2D eigenvalue weighted by Gasteiger charge is 2.22. The third-order valence-corrected chi connectivity index (χ3v) is 10.4. The van der Waals surface area contributed by atoms with Gasteiger partial charge in [0.1, 0.15) is 22.3 Å². The number of aromatic nitrogens is 1. The molecule has 0 aliphatic carbocycles. The quantitative estimate of drug-likeness (QED) is 0.183. The van der Waals surface area contributed by atoms with Crippen LogP contribution in [0.15, 0.2) is 191 Å². The minimum atomic E-state index is 0.849. The summed E-state index contributed by atoms with van der Waals surface area (Å²) in [5.74, 6) is 0. The summed E-state index contributed by atoms with van der Waals surface area (Å²) in [7, 11) is 0. The number of para-hydroxylation sites is 3. The first-order valence-electron chi connectivity index (χ1n) is 17.6. The van der Waals surface area contributed by atoms with Crippen molar-refractivity contribution >= 4 is 82.7 Å². The molecule has 0 saturated carbocycles. The highest BCUT2D eigenvalue weighted by atomic mass is 16.3. The minimum absolute atomic E-state index is 0.849. The van der Waals surface area contributed by atoms with Crippen LogP contribution in [0.1, 0.15) is 0 Å². The van der Waals surface area contributed by atoms with Crippen LogP contribution in [0.5, 0.6) is 0 Å². The van der Waals surface area contributed by atoms with Crippen molar-refractivity contribution < 1.29 is 8.83 Å². The first-order chi connectivity index (χ1) is 25.8. The second kappa shape index (κ2) is 11.2. The zero-order valence-corrected chi connectivity index (χ0v) is 28.0. The summed E-state index contributed by atoms with van der Waals surface area (Å²) in [5.41, 5.74) is 12.3. The number of benzene rings is 8. The summed E-state index contributed by atoms with van der Waals surface area (Å²) in [6.07, 6.45) is 0. The summed E-state index contributed by atoms with van der Waals surface area (Å²) >= 11 is 0. The molecule has 0 saturated heterocycles. The number of hydrogen-bond donors (Lipinski definition) is 0. The molecule has 52 heavy (non-hydrogen) atoms. The Morgan fingerprint density at radius 3 is 1.79 bits per heavy atom. The van der Waals surface area contributed by atoms with E-state index in [0.29, 0.717) is 0 Å². The van der Waals surface area contributed by atoms with Gasteiger partial charge < -0.3 is 18.3 Å². The molecule has 3 heterocycles. The van der Waals surface area contributed by atoms with E-state index < -0.39 is 0 Å². The second-order valence-electron chi connectivity index (χ2n) is 13.3. The van der Waals surface area contributed by atoms with Crippen molar-refractivity contribution in [2.24, 2.45) is 0 Å². The van der Waals surface area contributed by atoms with Crippen molar-refractivity contribution in [3.63, 3.8) is 0 Å². The Bertz CT molecular complexity index is 3130. The lowest BCUT2D eigenvalue weighted by Gasteiger charge is -2.26. The molecule has 11 aromatic rings. The van der Waals surface area contributed by atoms with Crippen LogP contribution in [-0.4, -0.2) is 4.57 Å². The largest absolute Gasteiger partial charge is 0.456 e. The molecule has 3 aromatic heterocycles. The topological polar surface area (TPSA) is 34.5 Å². The molecule has 0 atom stereocenters. The maximum atomic E-state index is 6.44. The average Bonchev–Trinajstić information content (AvgIpc) is 3.88. The van der Waals surface area contributed by atoms with Crippen LogP contribution in [0.25, 0.3) is 82.5 Å². The lowest BCUT2D eigenvalue weighted by molar-refractivity contribution is 0.669. The van der Waals surface area contributed by atoms with E-state index in [1.165, 1.54) is 21.9 Å². The van der Waals surface area contributed by atoms with Gasteiger partial charge in [-0.15, -0.1) is 0 Å². The number of fused-ring (bicyclic) bond motifs is 9. The SMILES string of the molecule is c1ccc(-c2ccc3c(c2)c2cc(N(c4ccc5c(c4)oc4ccccc45)c4cccc5oc6ccccc6c45)ccc2n3-c2ccccc2)cc1. The smallest absolute Gasteiger partial charge is 0.137 e. The minimum Gasteiger partial charge on any atom is -0.456 e. The van der Waals surface area contributed by atoms with Gasteiger partial charge in [-0.25, -0.2) is 0 Å². The maximum Gasteiger partial charge on any atom is 0.137 e. The van der Waals surface area contributed by atoms with E-state index in [-0.39, 0.29) is 0 Å². The lowest BCUT2D eigenvalue weighted by Crippen LogP contribution is -2.10. The van der Waals surface area contributed by atoms with Gasteiger partial charge in [0.25, 0.3) is 0 Å². The molecule has 11 rings (SSSR count). The highest BCUT2D eigenvalue weighted by molar-refractivity contribution is 6.16. The van der Waals surface area contributed by atoms with Gasteiger partial charge in [0.2, 0.25) is 0 Å². The van der Waals surface area contributed by atoms with Crippen molar-refractivity contribution in [2.75, 3.05) is 4.90 Å². The van der Waals surface area contributed by atoms with Gasteiger partial charge in [0.05, 0.1) is 22.1 Å². The molecule has 0 bridgehead atoms. The molecule has 4 heteroatoms. The molecule has 4 nitrogen and oxygen atoms in total. The van der Waals surface area contributed by atoms with Crippen LogP contribution < -0.4 is 4.90 Å². The van der Waals surface area contributed by atoms with Crippen LogP contribution in [0, 0.1) is 0 Å². The molecule has 0 amide bonds. The zero-order valence-electron chi connectivity index (χ0n) is 28.0. The molecular weight excluding hydrogens is 637 g/mol. The number of nitrogens with zero attached hydrogens (tertiary/aromatic N) is 2. The molecular formula is C48H30N2O2. The van der Waals surface area contributed by atoms with Crippen molar-refractivity contribution in [3.8, 4) is 16.8 Å². The van der Waals surface area contributed by atoms with Crippen molar-refractivity contribution in [1.82, 2.24) is 4.57 Å². The van der Waals surface area contributed by atoms with Crippen LogP contribution in [0.4, 0.5) is 17.1 Å². The number of rotatable bonds is 5. The van der Waals surface area contributed by atoms with E-state index in [4.69, 9.17) is 8.83 Å². The van der Waals surface area contributed by atoms with E-state index in [9.17, 15) is 0 Å². The van der Waals surface area contributed by atoms with E-state index >= 15 is 0 Å². The molecule has 0 aliphatic heterocycles. The second-order valence-corrected chi connectivity index (χ2v) is 13.3. The monoisotopic (exact) mass is 666 g/mol. The fourth-order valence-corrected chi connectivity index (χ4v) is 8.04. The lowest BCUT2D eigenvalue weighted by atomic mass is 10.0. The molecule has 0 radical (unpaired) electrons. The van der Waals surface area contributed by atoms with Crippen LogP contribution >= 0.6 is 0 Å². The fourth-order valence-electron chi connectivity index (χ4n) is 8.04. The Labute approximate surface area is 299 Å². The third kappa shape index (κ3) is 4.34. The van der Waals surface area contributed by atoms with Crippen LogP contribution in [-0.2, 0) is 0 Å². The van der Waals surface area contributed by atoms with E-state index in [1.54, 1.807) is 0 Å². The van der Waals surface area contributed by atoms with Crippen molar-refractivity contribution in [1.29, 1.82) is 0 Å². The summed E-state index contributed by atoms with van der Waals surface area (Å²) in [5, 5.41) is 6.73. The van der Waals surface area contributed by atoms with Gasteiger partial charge in [0, 0.05) is 50.1 Å². The van der Waals surface area contributed by atoms with Gasteiger partial charge in [-0.1, -0.05) is 97.1 Å². The summed E-state index contributed by atoms with van der Waals surface area (Å²) in [6.45, 7) is 0. The molecule has 0 N–H and O–H groups in total. The fraction of sp³-hybridized carbons (Fsp3) is 0. The number of furan rings is 2. The van der Waals surface area contributed by atoms with Crippen LogP contribution in [0.2, 0.25) is 0 Å². The van der Waals surface area contributed by atoms with Gasteiger partial charge >= 0.3 is 0 Å². The first-order valence-corrected chi connectivity index (χ1v) is 17.6. The van der Waals surface area contributed by atoms with Gasteiger partial charge in [-0.2, -0.15) is 0 Å². The van der Waals surface area contributed by atoms with E-state index in [1.807, 2.05) is 24.3 Å².